The van der Waals surface area contributed by atoms with Gasteiger partial charge in [-0.2, -0.15) is 0 Å². The molecule has 25 heavy (non-hydrogen) atoms. The van der Waals surface area contributed by atoms with Gasteiger partial charge in [-0.15, -0.1) is 0 Å². The first-order valence-corrected chi connectivity index (χ1v) is 9.05. The van der Waals surface area contributed by atoms with Gasteiger partial charge in [0.25, 0.3) is 10.0 Å². The van der Waals surface area contributed by atoms with Gasteiger partial charge < -0.3 is 9.47 Å². The average molecular weight is 355 g/mol. The molecule has 0 aromatic heterocycles. The molecule has 0 saturated carbocycles. The maximum Gasteiger partial charge on any atom is 0.265 e. The van der Waals surface area contributed by atoms with E-state index in [0.29, 0.717) is 17.2 Å². The van der Waals surface area contributed by atoms with Crippen molar-refractivity contribution in [1.29, 1.82) is 0 Å². The summed E-state index contributed by atoms with van der Waals surface area (Å²) in [6, 6.07) is 22.5. The van der Waals surface area contributed by atoms with Gasteiger partial charge in [0.2, 0.25) is 0 Å². The van der Waals surface area contributed by atoms with Crippen LogP contribution < -0.4 is 14.2 Å². The molecule has 1 N–H and O–H groups in total. The molecule has 128 valence electrons. The van der Waals surface area contributed by atoms with Gasteiger partial charge in [0.15, 0.2) is 0 Å². The van der Waals surface area contributed by atoms with Crippen molar-refractivity contribution < 1.29 is 17.9 Å². The molecule has 0 aliphatic carbocycles. The molecule has 0 saturated heterocycles. The zero-order valence-corrected chi connectivity index (χ0v) is 14.4. The fourth-order valence-corrected chi connectivity index (χ4v) is 3.52. The normalized spacial score (nSPS) is 10.9. The quantitative estimate of drug-likeness (QED) is 0.716. The summed E-state index contributed by atoms with van der Waals surface area (Å²) in [4.78, 5) is 0.0758. The van der Waals surface area contributed by atoms with E-state index < -0.39 is 10.0 Å². The molecular formula is C19H17NO4S. The topological polar surface area (TPSA) is 64.6 Å². The van der Waals surface area contributed by atoms with Crippen LogP contribution in [0.2, 0.25) is 0 Å². The summed E-state index contributed by atoms with van der Waals surface area (Å²) < 4.78 is 38.6. The highest BCUT2D eigenvalue weighted by atomic mass is 32.2. The molecule has 0 fully saturated rings. The molecule has 0 radical (unpaired) electrons. The highest BCUT2D eigenvalue weighted by Gasteiger charge is 2.19. The summed E-state index contributed by atoms with van der Waals surface area (Å²) in [5.74, 6) is 1.49. The maximum atomic E-state index is 12.6. The predicted octanol–water partition coefficient (Wildman–Crippen LogP) is 4.29. The minimum absolute atomic E-state index is 0.0758. The summed E-state index contributed by atoms with van der Waals surface area (Å²) in [5, 5.41) is 0. The molecule has 3 rings (SSSR count). The standard InChI is InChI=1S/C19H17NO4S/c1-23-18-12-5-6-13-19(18)25(21,22)20-15-8-7-11-17(14-15)24-16-9-3-2-4-10-16/h2-14,20H,1H3. The number of hydrogen-bond acceptors (Lipinski definition) is 4. The maximum absolute atomic E-state index is 12.6. The minimum atomic E-state index is -3.78. The lowest BCUT2D eigenvalue weighted by molar-refractivity contribution is 0.403. The number of ether oxygens (including phenoxy) is 2. The van der Waals surface area contributed by atoms with E-state index in [1.165, 1.54) is 13.2 Å². The third-order valence-electron chi connectivity index (χ3n) is 3.42. The van der Waals surface area contributed by atoms with Gasteiger partial charge in [-0.3, -0.25) is 4.72 Å². The van der Waals surface area contributed by atoms with Crippen LogP contribution in [0.25, 0.3) is 0 Å². The summed E-state index contributed by atoms with van der Waals surface area (Å²) in [5.41, 5.74) is 0.402. The summed E-state index contributed by atoms with van der Waals surface area (Å²) >= 11 is 0. The molecular weight excluding hydrogens is 338 g/mol. The zero-order valence-electron chi connectivity index (χ0n) is 13.5. The monoisotopic (exact) mass is 355 g/mol. The fourth-order valence-electron chi connectivity index (χ4n) is 2.30. The van der Waals surface area contributed by atoms with Crippen molar-refractivity contribution in [2.45, 2.75) is 4.90 Å². The molecule has 0 atom stereocenters. The second kappa shape index (κ2) is 7.27. The van der Waals surface area contributed by atoms with Crippen molar-refractivity contribution in [1.82, 2.24) is 0 Å². The Kier molecular flexibility index (Phi) is 4.90. The largest absolute Gasteiger partial charge is 0.495 e. The molecule has 0 aliphatic heterocycles. The third kappa shape index (κ3) is 4.10. The predicted molar refractivity (Wildman–Crippen MR) is 96.8 cm³/mol. The van der Waals surface area contributed by atoms with Gasteiger partial charge in [0.1, 0.15) is 22.1 Å². The van der Waals surface area contributed by atoms with Crippen molar-refractivity contribution in [2.75, 3.05) is 11.8 Å². The lowest BCUT2D eigenvalue weighted by atomic mass is 10.3. The Bertz CT molecular complexity index is 956. The van der Waals surface area contributed by atoms with Gasteiger partial charge in [0.05, 0.1) is 12.8 Å². The Morgan fingerprint density at radius 3 is 2.24 bits per heavy atom. The van der Waals surface area contributed by atoms with Crippen LogP contribution in [0.4, 0.5) is 5.69 Å². The van der Waals surface area contributed by atoms with Crippen LogP contribution in [0.15, 0.2) is 83.8 Å². The fraction of sp³-hybridized carbons (Fsp3) is 0.0526. The van der Waals surface area contributed by atoms with Gasteiger partial charge >= 0.3 is 0 Å². The van der Waals surface area contributed by atoms with Crippen LogP contribution in [0, 0.1) is 0 Å². The van der Waals surface area contributed by atoms with E-state index in [1.807, 2.05) is 30.3 Å². The van der Waals surface area contributed by atoms with E-state index >= 15 is 0 Å². The second-order valence-corrected chi connectivity index (χ2v) is 6.85. The molecule has 0 heterocycles. The van der Waals surface area contributed by atoms with Crippen molar-refractivity contribution in [2.24, 2.45) is 0 Å². The first-order valence-electron chi connectivity index (χ1n) is 7.57. The molecule has 0 unspecified atom stereocenters. The van der Waals surface area contributed by atoms with E-state index in [0.717, 1.165) is 0 Å². The van der Waals surface area contributed by atoms with E-state index in [1.54, 1.807) is 42.5 Å². The van der Waals surface area contributed by atoms with E-state index in [4.69, 9.17) is 9.47 Å². The Morgan fingerprint density at radius 1 is 0.800 bits per heavy atom. The van der Waals surface area contributed by atoms with E-state index in [2.05, 4.69) is 4.72 Å². The molecule has 0 aliphatic rings. The Hall–Kier alpha value is -2.99. The van der Waals surface area contributed by atoms with Crippen LogP contribution in [0.1, 0.15) is 0 Å². The summed E-state index contributed by atoms with van der Waals surface area (Å²) in [7, 11) is -2.34. The minimum Gasteiger partial charge on any atom is -0.495 e. The van der Waals surface area contributed by atoms with Crippen LogP contribution in [-0.2, 0) is 10.0 Å². The number of benzene rings is 3. The second-order valence-electron chi connectivity index (χ2n) is 5.20. The van der Waals surface area contributed by atoms with Crippen LogP contribution in [-0.4, -0.2) is 15.5 Å². The molecule has 5 nitrogen and oxygen atoms in total. The lowest BCUT2D eigenvalue weighted by Gasteiger charge is -2.12. The zero-order chi connectivity index (χ0) is 17.7. The number of hydrogen-bond donors (Lipinski definition) is 1. The molecule has 3 aromatic rings. The highest BCUT2D eigenvalue weighted by molar-refractivity contribution is 7.92. The third-order valence-corrected chi connectivity index (χ3v) is 4.84. The van der Waals surface area contributed by atoms with Crippen molar-refractivity contribution >= 4 is 15.7 Å². The Balaban J connectivity index is 1.84. The number of sulfonamides is 1. The van der Waals surface area contributed by atoms with E-state index in [9.17, 15) is 8.42 Å². The van der Waals surface area contributed by atoms with Crippen LogP contribution in [0.3, 0.4) is 0 Å². The van der Waals surface area contributed by atoms with Gasteiger partial charge in [0, 0.05) is 6.07 Å². The molecule has 6 heteroatoms. The number of rotatable bonds is 6. The number of anilines is 1. The van der Waals surface area contributed by atoms with Crippen molar-refractivity contribution in [3.05, 3.63) is 78.9 Å². The number of methoxy groups -OCH3 is 1. The highest BCUT2D eigenvalue weighted by Crippen LogP contribution is 2.28. The lowest BCUT2D eigenvalue weighted by Crippen LogP contribution is -2.14. The number of nitrogens with one attached hydrogen (secondary N) is 1. The summed E-state index contributed by atoms with van der Waals surface area (Å²) in [6.07, 6.45) is 0. The van der Waals surface area contributed by atoms with Crippen LogP contribution in [0.5, 0.6) is 17.2 Å². The van der Waals surface area contributed by atoms with Crippen molar-refractivity contribution in [3.8, 4) is 17.2 Å². The molecule has 3 aromatic carbocycles. The average Bonchev–Trinajstić information content (AvgIpc) is 2.62. The SMILES string of the molecule is COc1ccccc1S(=O)(=O)Nc1cccc(Oc2ccccc2)c1. The summed E-state index contributed by atoms with van der Waals surface area (Å²) in [6.45, 7) is 0. The van der Waals surface area contributed by atoms with Gasteiger partial charge in [-0.25, -0.2) is 8.42 Å². The molecule has 0 spiro atoms. The Labute approximate surface area is 146 Å². The van der Waals surface area contributed by atoms with Crippen LogP contribution >= 0.6 is 0 Å². The van der Waals surface area contributed by atoms with E-state index in [-0.39, 0.29) is 10.6 Å². The first kappa shape index (κ1) is 16.9. The first-order chi connectivity index (χ1) is 12.1. The van der Waals surface area contributed by atoms with Gasteiger partial charge in [-0.1, -0.05) is 36.4 Å². The smallest absolute Gasteiger partial charge is 0.265 e. The van der Waals surface area contributed by atoms with Gasteiger partial charge in [-0.05, 0) is 36.4 Å². The number of para-hydroxylation sites is 2. The molecule has 0 amide bonds. The Morgan fingerprint density at radius 2 is 1.48 bits per heavy atom. The molecule has 0 bridgehead atoms. The van der Waals surface area contributed by atoms with Crippen molar-refractivity contribution in [3.63, 3.8) is 0 Å².